The Bertz CT molecular complexity index is 1030. The molecule has 0 N–H and O–H groups in total. The highest BCUT2D eigenvalue weighted by Gasteiger charge is 2.36. The van der Waals surface area contributed by atoms with Gasteiger partial charge in [0.05, 0.1) is 30.1 Å². The summed E-state index contributed by atoms with van der Waals surface area (Å²) in [5.74, 6) is -0.451. The topological polar surface area (TPSA) is 70.5 Å². The maximum atomic E-state index is 13.5. The zero-order valence-corrected chi connectivity index (χ0v) is 16.7. The van der Waals surface area contributed by atoms with Crippen LogP contribution < -0.4 is 9.47 Å². The third-order valence-electron chi connectivity index (χ3n) is 4.30. The third-order valence-corrected chi connectivity index (χ3v) is 4.30. The van der Waals surface area contributed by atoms with Gasteiger partial charge in [-0.05, 0) is 42.8 Å². The minimum absolute atomic E-state index is 0.218. The predicted octanol–water partition coefficient (Wildman–Crippen LogP) is 5.60. The van der Waals surface area contributed by atoms with Crippen LogP contribution in [0.1, 0.15) is 41.1 Å². The Balaban J connectivity index is 1.82. The molecule has 1 atom stereocenters. The number of esters is 1. The lowest BCUT2D eigenvalue weighted by molar-refractivity contribution is -0.139. The van der Waals surface area contributed by atoms with Crippen LogP contribution in [0.5, 0.6) is 17.4 Å². The van der Waals surface area contributed by atoms with E-state index in [1.54, 1.807) is 43.5 Å². The first-order valence-electron chi connectivity index (χ1n) is 9.33. The first-order valence-corrected chi connectivity index (χ1v) is 9.33. The van der Waals surface area contributed by atoms with Crippen molar-refractivity contribution in [1.29, 1.82) is 0 Å². The van der Waals surface area contributed by atoms with Crippen molar-refractivity contribution in [3.63, 3.8) is 0 Å². The average Bonchev–Trinajstić information content (AvgIpc) is 2.77. The lowest BCUT2D eigenvalue weighted by Gasteiger charge is -2.21. The molecule has 0 fully saturated rings. The Morgan fingerprint density at radius 2 is 1.90 bits per heavy atom. The summed E-state index contributed by atoms with van der Waals surface area (Å²) in [7, 11) is 1.10. The Labute approximate surface area is 176 Å². The van der Waals surface area contributed by atoms with Gasteiger partial charge in [-0.25, -0.2) is 9.78 Å². The van der Waals surface area contributed by atoms with Crippen molar-refractivity contribution in [2.45, 2.75) is 25.6 Å². The molecular formula is C22H19F3N2O4. The summed E-state index contributed by atoms with van der Waals surface area (Å²) < 4.78 is 56.3. The molecule has 0 spiro atoms. The number of halogens is 3. The van der Waals surface area contributed by atoms with Gasteiger partial charge in [0, 0.05) is 12.3 Å². The zero-order chi connectivity index (χ0) is 22.4. The number of hydrogen-bond donors (Lipinski definition) is 0. The van der Waals surface area contributed by atoms with Crippen LogP contribution in [0.15, 0.2) is 60.9 Å². The van der Waals surface area contributed by atoms with E-state index >= 15 is 0 Å². The highest BCUT2D eigenvalue weighted by atomic mass is 19.4. The largest absolute Gasteiger partial charge is 0.484 e. The summed E-state index contributed by atoms with van der Waals surface area (Å²) in [6, 6.07) is 11.5. The van der Waals surface area contributed by atoms with E-state index in [0.717, 1.165) is 13.2 Å². The summed E-state index contributed by atoms with van der Waals surface area (Å²) in [5.41, 5.74) is -0.852. The fraction of sp³-hybridized carbons (Fsp3) is 0.227. The summed E-state index contributed by atoms with van der Waals surface area (Å²) in [5, 5.41) is 0. The van der Waals surface area contributed by atoms with E-state index in [-0.39, 0.29) is 5.56 Å². The number of ether oxygens (including phenoxy) is 3. The van der Waals surface area contributed by atoms with E-state index in [1.807, 2.05) is 0 Å². The van der Waals surface area contributed by atoms with Gasteiger partial charge >= 0.3 is 12.1 Å². The molecule has 0 saturated carbocycles. The fourth-order valence-electron chi connectivity index (χ4n) is 2.78. The van der Waals surface area contributed by atoms with E-state index in [2.05, 4.69) is 14.7 Å². The second kappa shape index (κ2) is 9.46. The second-order valence-electron chi connectivity index (χ2n) is 6.40. The number of hydrogen-bond acceptors (Lipinski definition) is 6. The lowest BCUT2D eigenvalue weighted by Crippen LogP contribution is -2.14. The maximum absolute atomic E-state index is 13.5. The first kappa shape index (κ1) is 22.1. The molecule has 0 saturated heterocycles. The van der Waals surface area contributed by atoms with Crippen molar-refractivity contribution in [1.82, 2.24) is 9.97 Å². The predicted molar refractivity (Wildman–Crippen MR) is 105 cm³/mol. The van der Waals surface area contributed by atoms with Gasteiger partial charge in [-0.3, -0.25) is 4.98 Å². The van der Waals surface area contributed by atoms with Gasteiger partial charge in [0.1, 0.15) is 17.6 Å². The number of carbonyl (C=O) groups excluding carboxylic acids is 1. The van der Waals surface area contributed by atoms with Crippen LogP contribution in [-0.2, 0) is 10.9 Å². The molecule has 0 aliphatic heterocycles. The summed E-state index contributed by atoms with van der Waals surface area (Å²) >= 11 is 0. The van der Waals surface area contributed by atoms with Crippen LogP contribution in [-0.4, -0.2) is 23.0 Å². The van der Waals surface area contributed by atoms with Crippen molar-refractivity contribution in [2.75, 3.05) is 7.11 Å². The Kier molecular flexibility index (Phi) is 6.74. The van der Waals surface area contributed by atoms with Gasteiger partial charge in [-0.2, -0.15) is 13.2 Å². The Morgan fingerprint density at radius 3 is 2.48 bits per heavy atom. The summed E-state index contributed by atoms with van der Waals surface area (Å²) in [6.07, 6.45) is -2.06. The number of carbonyl (C=O) groups is 1. The zero-order valence-electron chi connectivity index (χ0n) is 16.7. The van der Waals surface area contributed by atoms with Crippen molar-refractivity contribution >= 4 is 5.97 Å². The minimum Gasteiger partial charge on any atom is -0.484 e. The molecule has 0 bridgehead atoms. The Hall–Kier alpha value is -3.62. The van der Waals surface area contributed by atoms with Crippen LogP contribution in [0.25, 0.3) is 0 Å². The monoisotopic (exact) mass is 432 g/mol. The van der Waals surface area contributed by atoms with Crippen LogP contribution in [0, 0.1) is 0 Å². The van der Waals surface area contributed by atoms with Crippen LogP contribution in [0.2, 0.25) is 0 Å². The van der Waals surface area contributed by atoms with Gasteiger partial charge in [0.25, 0.3) is 0 Å². The smallest absolute Gasteiger partial charge is 0.419 e. The van der Waals surface area contributed by atoms with Gasteiger partial charge in [-0.15, -0.1) is 0 Å². The maximum Gasteiger partial charge on any atom is 0.419 e. The standard InChI is InChI=1S/C22H19F3N2O4/c1-3-18(17-9-8-15(13-27-17)30-20-6-4-5-11-26-20)31-19-10-7-14(21(28)29-2)12-16(19)22(23,24)25/h4-13,18H,3H2,1-2H3/t18-/m1/s1. The second-order valence-corrected chi connectivity index (χ2v) is 6.40. The molecule has 3 aromatic rings. The molecule has 9 heteroatoms. The molecule has 0 radical (unpaired) electrons. The highest BCUT2D eigenvalue weighted by molar-refractivity contribution is 5.89. The van der Waals surface area contributed by atoms with Crippen molar-refractivity contribution in [3.05, 3.63) is 77.7 Å². The molecule has 2 heterocycles. The quantitative estimate of drug-likeness (QED) is 0.453. The summed E-state index contributed by atoms with van der Waals surface area (Å²) in [4.78, 5) is 19.9. The molecule has 0 aliphatic rings. The number of aromatic nitrogens is 2. The van der Waals surface area contributed by atoms with Crippen molar-refractivity contribution < 1.29 is 32.2 Å². The molecule has 162 valence electrons. The average molecular weight is 432 g/mol. The normalized spacial score (nSPS) is 12.2. The fourth-order valence-corrected chi connectivity index (χ4v) is 2.78. The van der Waals surface area contributed by atoms with E-state index < -0.39 is 29.6 Å². The number of benzene rings is 1. The minimum atomic E-state index is -4.72. The summed E-state index contributed by atoms with van der Waals surface area (Å²) in [6.45, 7) is 1.76. The number of alkyl halides is 3. The molecule has 1 aromatic carbocycles. The van der Waals surface area contributed by atoms with Crippen molar-refractivity contribution in [2.24, 2.45) is 0 Å². The van der Waals surface area contributed by atoms with Crippen LogP contribution >= 0.6 is 0 Å². The van der Waals surface area contributed by atoms with Gasteiger partial charge in [0.15, 0.2) is 0 Å². The van der Waals surface area contributed by atoms with Gasteiger partial charge in [0.2, 0.25) is 5.88 Å². The van der Waals surface area contributed by atoms with Crippen molar-refractivity contribution in [3.8, 4) is 17.4 Å². The first-order chi connectivity index (χ1) is 14.8. The molecule has 6 nitrogen and oxygen atoms in total. The molecule has 0 unspecified atom stereocenters. The van der Waals surface area contributed by atoms with E-state index in [9.17, 15) is 18.0 Å². The SMILES string of the molecule is CC[C@@H](Oc1ccc(C(=O)OC)cc1C(F)(F)F)c1ccc(Oc2ccccn2)cn1. The van der Waals surface area contributed by atoms with Gasteiger partial charge < -0.3 is 14.2 Å². The third kappa shape index (κ3) is 5.50. The molecule has 0 aliphatic carbocycles. The molecule has 31 heavy (non-hydrogen) atoms. The molecule has 0 amide bonds. The number of nitrogens with zero attached hydrogens (tertiary/aromatic N) is 2. The van der Waals surface area contributed by atoms with E-state index in [1.165, 1.54) is 12.3 Å². The number of methoxy groups -OCH3 is 1. The number of pyridine rings is 2. The Morgan fingerprint density at radius 1 is 1.10 bits per heavy atom. The van der Waals surface area contributed by atoms with Crippen LogP contribution in [0.4, 0.5) is 13.2 Å². The highest BCUT2D eigenvalue weighted by Crippen LogP contribution is 2.39. The lowest BCUT2D eigenvalue weighted by atomic mass is 10.1. The van der Waals surface area contributed by atoms with E-state index in [0.29, 0.717) is 29.8 Å². The van der Waals surface area contributed by atoms with Crippen LogP contribution in [0.3, 0.4) is 0 Å². The number of rotatable bonds is 7. The molecule has 3 rings (SSSR count). The molecule has 2 aromatic heterocycles. The molecular weight excluding hydrogens is 413 g/mol. The van der Waals surface area contributed by atoms with E-state index in [4.69, 9.17) is 9.47 Å². The van der Waals surface area contributed by atoms with Gasteiger partial charge in [-0.1, -0.05) is 13.0 Å².